The van der Waals surface area contributed by atoms with E-state index in [2.05, 4.69) is 64.1 Å². The number of unbranched alkanes of at least 4 members (excludes halogenated alkanes) is 3. The summed E-state index contributed by atoms with van der Waals surface area (Å²) in [5.41, 5.74) is 7.02. The van der Waals surface area contributed by atoms with Crippen molar-refractivity contribution in [3.63, 3.8) is 0 Å². The van der Waals surface area contributed by atoms with Gasteiger partial charge < -0.3 is 10.2 Å². The lowest BCUT2D eigenvalue weighted by atomic mass is 9.63. The number of hydrogen-bond donors (Lipinski definition) is 2. The van der Waals surface area contributed by atoms with Crippen LogP contribution in [0.3, 0.4) is 0 Å². The van der Waals surface area contributed by atoms with Crippen molar-refractivity contribution >= 4 is 5.97 Å². The molecule has 4 nitrogen and oxygen atoms in total. The van der Waals surface area contributed by atoms with Crippen LogP contribution in [-0.2, 0) is 15.6 Å². The third kappa shape index (κ3) is 8.68. The summed E-state index contributed by atoms with van der Waals surface area (Å²) in [6.45, 7) is 9.84. The zero-order chi connectivity index (χ0) is 30.2. The number of aliphatic carboxylic acids is 1. The molecule has 2 aliphatic rings. The Balaban J connectivity index is 1.46. The third-order valence-corrected chi connectivity index (χ3v) is 10.7. The van der Waals surface area contributed by atoms with E-state index >= 15 is 0 Å². The van der Waals surface area contributed by atoms with Crippen molar-refractivity contribution < 1.29 is 15.0 Å². The van der Waals surface area contributed by atoms with Gasteiger partial charge in [0.15, 0.2) is 0 Å². The minimum Gasteiger partial charge on any atom is -0.481 e. The van der Waals surface area contributed by atoms with Crippen LogP contribution in [0.4, 0.5) is 0 Å². The maximum absolute atomic E-state index is 10.9. The monoisotopic (exact) mass is 575 g/mol. The highest BCUT2D eigenvalue weighted by atomic mass is 16.4. The van der Waals surface area contributed by atoms with Crippen LogP contribution >= 0.6 is 0 Å². The van der Waals surface area contributed by atoms with Gasteiger partial charge in [-0.2, -0.15) is 0 Å². The van der Waals surface area contributed by atoms with Crippen LogP contribution < -0.4 is 0 Å². The first-order valence-corrected chi connectivity index (χ1v) is 17.1. The first-order chi connectivity index (χ1) is 20.1. The Kier molecular flexibility index (Phi) is 11.7. The van der Waals surface area contributed by atoms with Gasteiger partial charge in [-0.3, -0.25) is 9.78 Å². The minimum atomic E-state index is -0.683. The average molecular weight is 576 g/mol. The van der Waals surface area contributed by atoms with Gasteiger partial charge in [-0.05, 0) is 96.9 Å². The molecule has 4 rings (SSSR count). The quantitative estimate of drug-likeness (QED) is 0.233. The summed E-state index contributed by atoms with van der Waals surface area (Å²) < 4.78 is 0. The van der Waals surface area contributed by atoms with E-state index in [1.165, 1.54) is 86.6 Å². The summed E-state index contributed by atoms with van der Waals surface area (Å²) in [7, 11) is 0. The Morgan fingerprint density at radius 3 is 2.31 bits per heavy atom. The highest BCUT2D eigenvalue weighted by Gasteiger charge is 2.37. The van der Waals surface area contributed by atoms with E-state index in [1.54, 1.807) is 0 Å². The van der Waals surface area contributed by atoms with E-state index in [0.717, 1.165) is 43.7 Å². The van der Waals surface area contributed by atoms with Gasteiger partial charge in [-0.25, -0.2) is 0 Å². The van der Waals surface area contributed by atoms with E-state index in [0.29, 0.717) is 11.8 Å². The number of aliphatic hydroxyl groups excluding tert-OH is 1. The molecule has 1 heterocycles. The number of fused-ring (bicyclic) bond motifs is 1. The highest BCUT2D eigenvalue weighted by Crippen LogP contribution is 2.47. The third-order valence-electron chi connectivity index (χ3n) is 10.7. The zero-order valence-electron chi connectivity index (χ0n) is 27.0. The summed E-state index contributed by atoms with van der Waals surface area (Å²) >= 11 is 0. The number of pyridine rings is 1. The number of benzene rings is 1. The molecule has 1 saturated carbocycles. The molecular formula is C38H57NO3. The summed E-state index contributed by atoms with van der Waals surface area (Å²) in [6.07, 6.45) is 17.5. The van der Waals surface area contributed by atoms with Crippen molar-refractivity contribution in [2.45, 2.75) is 147 Å². The molecule has 0 saturated heterocycles. The lowest BCUT2D eigenvalue weighted by Crippen LogP contribution is -2.33. The normalized spacial score (nSPS) is 22.5. The first kappa shape index (κ1) is 32.7. The number of nitrogens with zero attached hydrogens (tertiary/aromatic N) is 1. The molecule has 2 N–H and O–H groups in total. The molecular weight excluding hydrogens is 518 g/mol. The summed E-state index contributed by atoms with van der Waals surface area (Å²) in [5, 5.41) is 18.4. The van der Waals surface area contributed by atoms with Crippen molar-refractivity contribution in [2.24, 2.45) is 11.8 Å². The molecule has 1 aromatic heterocycles. The second kappa shape index (κ2) is 15.0. The van der Waals surface area contributed by atoms with Crippen LogP contribution in [0.2, 0.25) is 0 Å². The Labute approximate surface area is 255 Å². The van der Waals surface area contributed by atoms with E-state index in [1.807, 2.05) is 0 Å². The predicted octanol–water partition coefficient (Wildman–Crippen LogP) is 9.97. The van der Waals surface area contributed by atoms with Gasteiger partial charge in [-0.1, -0.05) is 97.3 Å². The number of hydrogen-bond acceptors (Lipinski definition) is 3. The first-order valence-electron chi connectivity index (χ1n) is 17.1. The van der Waals surface area contributed by atoms with Gasteiger partial charge in [-0.15, -0.1) is 0 Å². The molecule has 4 heteroatoms. The van der Waals surface area contributed by atoms with Gasteiger partial charge in [0.05, 0.1) is 5.69 Å². The smallest absolute Gasteiger partial charge is 0.303 e. The van der Waals surface area contributed by atoms with E-state index in [4.69, 9.17) is 10.1 Å². The van der Waals surface area contributed by atoms with Crippen molar-refractivity contribution in [1.82, 2.24) is 4.98 Å². The molecule has 42 heavy (non-hydrogen) atoms. The maximum Gasteiger partial charge on any atom is 0.303 e. The molecule has 2 aromatic rings. The standard InChI is InChI=1S/C38H57NO3/c1-37(2)24-25-38(3,4)33-27-31(22-23-32(33)37)35-18-12-17-34(39-35)30-16-9-8-14-29(20-21-30)28(15-10-11-26-40)13-6-5-7-19-36(41)42/h12,17-18,22-23,27-30,40H,5-11,13-16,19-21,24-26H2,1-4H3,(H,41,42). The second-order valence-electron chi connectivity index (χ2n) is 14.8. The molecule has 1 fully saturated rings. The van der Waals surface area contributed by atoms with Crippen LogP contribution in [-0.4, -0.2) is 27.8 Å². The molecule has 0 aliphatic heterocycles. The Morgan fingerprint density at radius 2 is 1.57 bits per heavy atom. The minimum absolute atomic E-state index is 0.191. The average Bonchev–Trinajstić information content (AvgIpc) is 2.95. The fourth-order valence-electron chi connectivity index (χ4n) is 7.85. The number of carbonyl (C=O) groups is 1. The van der Waals surface area contributed by atoms with Crippen LogP contribution in [0.15, 0.2) is 36.4 Å². The van der Waals surface area contributed by atoms with Gasteiger partial charge >= 0.3 is 5.97 Å². The van der Waals surface area contributed by atoms with Gasteiger partial charge in [0, 0.05) is 30.2 Å². The molecule has 0 bridgehead atoms. The fourth-order valence-corrected chi connectivity index (χ4v) is 7.85. The van der Waals surface area contributed by atoms with Crippen LogP contribution in [0.1, 0.15) is 153 Å². The van der Waals surface area contributed by atoms with Gasteiger partial charge in [0.1, 0.15) is 0 Å². The van der Waals surface area contributed by atoms with Gasteiger partial charge in [0.25, 0.3) is 0 Å². The number of carboxylic acids is 1. The summed E-state index contributed by atoms with van der Waals surface area (Å²) in [6, 6.07) is 13.8. The molecule has 3 unspecified atom stereocenters. The van der Waals surface area contributed by atoms with Crippen molar-refractivity contribution in [2.75, 3.05) is 6.61 Å². The largest absolute Gasteiger partial charge is 0.481 e. The Morgan fingerprint density at radius 1 is 0.857 bits per heavy atom. The zero-order valence-corrected chi connectivity index (χ0v) is 27.0. The van der Waals surface area contributed by atoms with Crippen LogP contribution in [0, 0.1) is 11.8 Å². The molecule has 232 valence electrons. The number of aromatic nitrogens is 1. The molecule has 0 radical (unpaired) electrons. The molecule has 2 aliphatic carbocycles. The fraction of sp³-hybridized carbons (Fsp3) is 0.684. The summed E-state index contributed by atoms with van der Waals surface area (Å²) in [4.78, 5) is 16.2. The van der Waals surface area contributed by atoms with Crippen molar-refractivity contribution in [3.8, 4) is 11.3 Å². The number of aliphatic hydroxyl groups is 1. The maximum atomic E-state index is 10.9. The second-order valence-corrected chi connectivity index (χ2v) is 14.8. The summed E-state index contributed by atoms with van der Waals surface area (Å²) in [5.74, 6) is 1.23. The number of rotatable bonds is 13. The van der Waals surface area contributed by atoms with Crippen LogP contribution in [0.25, 0.3) is 11.3 Å². The topological polar surface area (TPSA) is 70.4 Å². The van der Waals surface area contributed by atoms with Crippen LogP contribution in [0.5, 0.6) is 0 Å². The Hall–Kier alpha value is -2.20. The molecule has 3 atom stereocenters. The van der Waals surface area contributed by atoms with Gasteiger partial charge in [0.2, 0.25) is 0 Å². The Bertz CT molecular complexity index is 1150. The van der Waals surface area contributed by atoms with E-state index in [-0.39, 0.29) is 23.9 Å². The SMILES string of the molecule is CC1(C)CCC(C)(C)c2cc(-c3cccc(C4CCCCC(C(CCCCO)CCCCCC(=O)O)CC4)n3)ccc21. The molecule has 1 aromatic carbocycles. The molecule has 0 amide bonds. The number of carboxylic acid groups (broad SMARTS) is 1. The van der Waals surface area contributed by atoms with E-state index < -0.39 is 5.97 Å². The lowest BCUT2D eigenvalue weighted by Gasteiger charge is -2.42. The highest BCUT2D eigenvalue weighted by molar-refractivity contribution is 5.66. The van der Waals surface area contributed by atoms with Crippen molar-refractivity contribution in [3.05, 3.63) is 53.2 Å². The molecule has 0 spiro atoms. The van der Waals surface area contributed by atoms with Crippen molar-refractivity contribution in [1.29, 1.82) is 0 Å². The van der Waals surface area contributed by atoms with E-state index in [9.17, 15) is 9.90 Å². The lowest BCUT2D eigenvalue weighted by molar-refractivity contribution is -0.137. The predicted molar refractivity (Wildman–Crippen MR) is 174 cm³/mol.